The van der Waals surface area contributed by atoms with Crippen LogP contribution in [0.1, 0.15) is 17.3 Å². The topological polar surface area (TPSA) is 61.5 Å². The molecule has 2 aromatic rings. The van der Waals surface area contributed by atoms with Crippen LogP contribution in [0.25, 0.3) is 11.4 Å². The number of nitrogens with zero attached hydrogens (tertiary/aromatic N) is 3. The molecule has 1 aliphatic rings. The number of amides is 1. The minimum absolute atomic E-state index is 0.0158. The van der Waals surface area contributed by atoms with Gasteiger partial charge >= 0.3 is 0 Å². The van der Waals surface area contributed by atoms with Crippen LogP contribution in [0.2, 0.25) is 0 Å². The Morgan fingerprint density at radius 1 is 1.38 bits per heavy atom. The molecule has 1 N–H and O–H groups in total. The zero-order chi connectivity index (χ0) is 16.9. The zero-order valence-electron chi connectivity index (χ0n) is 14.2. The number of nitrogens with one attached hydrogen (secondary N) is 1. The molecule has 0 saturated carbocycles. The SMILES string of the molecule is CC(CN(C)C(=O)c1ccccc1-c1ncc[nH]1)N1CCOCC1. The van der Waals surface area contributed by atoms with Crippen LogP contribution in [0.4, 0.5) is 0 Å². The predicted molar refractivity (Wildman–Crippen MR) is 92.8 cm³/mol. The Hall–Kier alpha value is -2.18. The molecule has 24 heavy (non-hydrogen) atoms. The third kappa shape index (κ3) is 3.66. The van der Waals surface area contributed by atoms with E-state index in [4.69, 9.17) is 4.74 Å². The first-order valence-corrected chi connectivity index (χ1v) is 8.33. The van der Waals surface area contributed by atoms with Crippen molar-refractivity contribution in [3.63, 3.8) is 0 Å². The molecular weight excluding hydrogens is 304 g/mol. The molecule has 1 aromatic carbocycles. The standard InChI is InChI=1S/C18H24N4O2/c1-14(22-9-11-24-12-10-22)13-21(2)18(23)16-6-4-3-5-15(16)17-19-7-8-20-17/h3-8,14H,9-13H2,1-2H3,(H,19,20). The lowest BCUT2D eigenvalue weighted by Crippen LogP contribution is -2.47. The van der Waals surface area contributed by atoms with Gasteiger partial charge in [0.2, 0.25) is 0 Å². The molecule has 3 rings (SSSR count). The van der Waals surface area contributed by atoms with Gasteiger partial charge in [-0.15, -0.1) is 0 Å². The second-order valence-corrected chi connectivity index (χ2v) is 6.17. The van der Waals surface area contributed by atoms with Crippen molar-refractivity contribution in [3.8, 4) is 11.4 Å². The monoisotopic (exact) mass is 328 g/mol. The van der Waals surface area contributed by atoms with Gasteiger partial charge in [-0.2, -0.15) is 0 Å². The number of ether oxygens (including phenoxy) is 1. The lowest BCUT2D eigenvalue weighted by molar-refractivity contribution is 0.0142. The van der Waals surface area contributed by atoms with E-state index < -0.39 is 0 Å². The van der Waals surface area contributed by atoms with Crippen molar-refractivity contribution in [2.45, 2.75) is 13.0 Å². The third-order valence-corrected chi connectivity index (χ3v) is 4.46. The van der Waals surface area contributed by atoms with Crippen molar-refractivity contribution in [1.82, 2.24) is 19.8 Å². The van der Waals surface area contributed by atoms with Crippen molar-refractivity contribution in [2.24, 2.45) is 0 Å². The van der Waals surface area contributed by atoms with Gasteiger partial charge in [0.05, 0.1) is 18.8 Å². The van der Waals surface area contributed by atoms with Crippen LogP contribution >= 0.6 is 0 Å². The first-order valence-electron chi connectivity index (χ1n) is 8.33. The Labute approximate surface area is 142 Å². The summed E-state index contributed by atoms with van der Waals surface area (Å²) in [5.41, 5.74) is 1.50. The molecule has 0 radical (unpaired) electrons. The van der Waals surface area contributed by atoms with Gasteiger partial charge in [0.15, 0.2) is 0 Å². The minimum Gasteiger partial charge on any atom is -0.379 e. The van der Waals surface area contributed by atoms with Crippen LogP contribution < -0.4 is 0 Å². The average Bonchev–Trinajstić information content (AvgIpc) is 3.16. The predicted octanol–water partition coefficient (Wildman–Crippen LogP) is 1.87. The molecule has 0 aliphatic carbocycles. The molecule has 1 atom stereocenters. The Kier molecular flexibility index (Phi) is 5.27. The third-order valence-electron chi connectivity index (χ3n) is 4.46. The number of carbonyl (C=O) groups excluding carboxylic acids is 1. The number of carbonyl (C=O) groups is 1. The summed E-state index contributed by atoms with van der Waals surface area (Å²) in [6, 6.07) is 7.89. The van der Waals surface area contributed by atoms with Crippen molar-refractivity contribution < 1.29 is 9.53 Å². The van der Waals surface area contributed by atoms with E-state index in [2.05, 4.69) is 21.8 Å². The number of aromatic amines is 1. The van der Waals surface area contributed by atoms with E-state index in [1.807, 2.05) is 31.3 Å². The summed E-state index contributed by atoms with van der Waals surface area (Å²) in [7, 11) is 1.86. The van der Waals surface area contributed by atoms with E-state index >= 15 is 0 Å². The molecule has 128 valence electrons. The highest BCUT2D eigenvalue weighted by molar-refractivity contribution is 6.00. The molecule has 6 nitrogen and oxygen atoms in total. The molecule has 1 aromatic heterocycles. The number of likely N-dealkylation sites (N-methyl/N-ethyl adjacent to an activating group) is 1. The second-order valence-electron chi connectivity index (χ2n) is 6.17. The van der Waals surface area contributed by atoms with E-state index in [9.17, 15) is 4.79 Å². The lowest BCUT2D eigenvalue weighted by Gasteiger charge is -2.34. The van der Waals surface area contributed by atoms with Crippen LogP contribution in [0.5, 0.6) is 0 Å². The van der Waals surface area contributed by atoms with E-state index in [-0.39, 0.29) is 5.91 Å². The number of imidazole rings is 1. The number of rotatable bonds is 5. The van der Waals surface area contributed by atoms with Gasteiger partial charge in [-0.1, -0.05) is 18.2 Å². The van der Waals surface area contributed by atoms with Crippen molar-refractivity contribution in [2.75, 3.05) is 39.9 Å². The van der Waals surface area contributed by atoms with Crippen LogP contribution in [0, 0.1) is 0 Å². The number of H-pyrrole nitrogens is 1. The van der Waals surface area contributed by atoms with E-state index in [0.29, 0.717) is 24.0 Å². The normalized spacial score (nSPS) is 16.8. The van der Waals surface area contributed by atoms with Gasteiger partial charge in [-0.05, 0) is 13.0 Å². The molecule has 0 bridgehead atoms. The second kappa shape index (κ2) is 7.59. The molecule has 1 unspecified atom stereocenters. The average molecular weight is 328 g/mol. The highest BCUT2D eigenvalue weighted by atomic mass is 16.5. The number of aromatic nitrogens is 2. The fourth-order valence-electron chi connectivity index (χ4n) is 3.11. The Morgan fingerprint density at radius 3 is 2.83 bits per heavy atom. The maximum Gasteiger partial charge on any atom is 0.254 e. The molecular formula is C18H24N4O2. The molecule has 1 aliphatic heterocycles. The van der Waals surface area contributed by atoms with E-state index in [0.717, 1.165) is 31.9 Å². The van der Waals surface area contributed by atoms with E-state index in [1.54, 1.807) is 17.3 Å². The Balaban J connectivity index is 1.72. The Morgan fingerprint density at radius 2 is 2.12 bits per heavy atom. The van der Waals surface area contributed by atoms with Crippen LogP contribution in [-0.4, -0.2) is 71.6 Å². The molecule has 1 amide bonds. The maximum atomic E-state index is 12.9. The van der Waals surface area contributed by atoms with Crippen LogP contribution in [-0.2, 0) is 4.74 Å². The molecule has 6 heteroatoms. The fraction of sp³-hybridized carbons (Fsp3) is 0.444. The van der Waals surface area contributed by atoms with Crippen LogP contribution in [0.3, 0.4) is 0 Å². The van der Waals surface area contributed by atoms with Gasteiger partial charge in [-0.3, -0.25) is 9.69 Å². The summed E-state index contributed by atoms with van der Waals surface area (Å²) in [6.07, 6.45) is 3.46. The fourth-order valence-corrected chi connectivity index (χ4v) is 3.11. The smallest absolute Gasteiger partial charge is 0.254 e. The van der Waals surface area contributed by atoms with Crippen molar-refractivity contribution in [1.29, 1.82) is 0 Å². The number of hydrogen-bond donors (Lipinski definition) is 1. The zero-order valence-corrected chi connectivity index (χ0v) is 14.2. The number of benzene rings is 1. The first kappa shape index (κ1) is 16.7. The highest BCUT2D eigenvalue weighted by Gasteiger charge is 2.22. The summed E-state index contributed by atoms with van der Waals surface area (Å²) in [6.45, 7) is 6.23. The van der Waals surface area contributed by atoms with Gasteiger partial charge in [0.1, 0.15) is 5.82 Å². The highest BCUT2D eigenvalue weighted by Crippen LogP contribution is 2.21. The van der Waals surface area contributed by atoms with Gasteiger partial charge < -0.3 is 14.6 Å². The van der Waals surface area contributed by atoms with Gasteiger partial charge in [-0.25, -0.2) is 4.98 Å². The summed E-state index contributed by atoms with van der Waals surface area (Å²) < 4.78 is 5.40. The maximum absolute atomic E-state index is 12.9. The lowest BCUT2D eigenvalue weighted by atomic mass is 10.1. The van der Waals surface area contributed by atoms with Crippen LogP contribution in [0.15, 0.2) is 36.7 Å². The van der Waals surface area contributed by atoms with Gasteiger partial charge in [0.25, 0.3) is 5.91 Å². The number of morpholine rings is 1. The first-order chi connectivity index (χ1) is 11.7. The summed E-state index contributed by atoms with van der Waals surface area (Å²) in [5, 5.41) is 0. The van der Waals surface area contributed by atoms with Crippen molar-refractivity contribution in [3.05, 3.63) is 42.2 Å². The van der Waals surface area contributed by atoms with Gasteiger partial charge in [0, 0.05) is 50.7 Å². The van der Waals surface area contributed by atoms with E-state index in [1.165, 1.54) is 0 Å². The quantitative estimate of drug-likeness (QED) is 0.910. The molecule has 0 spiro atoms. The van der Waals surface area contributed by atoms with Crippen molar-refractivity contribution >= 4 is 5.91 Å². The summed E-state index contributed by atoms with van der Waals surface area (Å²) >= 11 is 0. The molecule has 1 saturated heterocycles. The number of hydrogen-bond acceptors (Lipinski definition) is 4. The minimum atomic E-state index is 0.0158. The largest absolute Gasteiger partial charge is 0.379 e. The summed E-state index contributed by atoms with van der Waals surface area (Å²) in [5.74, 6) is 0.732. The molecule has 2 heterocycles. The molecule has 1 fully saturated rings. The Bertz CT molecular complexity index is 665. The summed E-state index contributed by atoms with van der Waals surface area (Å²) in [4.78, 5) is 24.4.